The van der Waals surface area contributed by atoms with Crippen molar-refractivity contribution < 1.29 is 14.3 Å². The van der Waals surface area contributed by atoms with Gasteiger partial charge in [0.05, 0.1) is 0 Å². The molecule has 4 rings (SSSR count). The molecule has 3 aromatic rings. The Morgan fingerprint density at radius 3 is 2.84 bits per heavy atom. The topological polar surface area (TPSA) is 86.2 Å². The zero-order valence-electron chi connectivity index (χ0n) is 16.7. The van der Waals surface area contributed by atoms with E-state index in [0.717, 1.165) is 21.3 Å². The molecule has 0 aliphatic carbocycles. The second-order valence-corrected chi connectivity index (χ2v) is 8.48. The number of carbonyl (C=O) groups is 1. The van der Waals surface area contributed by atoms with E-state index in [1.807, 2.05) is 30.3 Å². The second-order valence-electron chi connectivity index (χ2n) is 6.58. The fourth-order valence-corrected chi connectivity index (χ4v) is 3.80. The van der Waals surface area contributed by atoms with Crippen LogP contribution >= 0.6 is 27.7 Å². The highest BCUT2D eigenvalue weighted by Gasteiger charge is 2.26. The molecule has 0 saturated carbocycles. The van der Waals surface area contributed by atoms with Gasteiger partial charge in [-0.1, -0.05) is 40.7 Å². The molecular weight excluding hydrogens is 480 g/mol. The predicted molar refractivity (Wildman–Crippen MR) is 123 cm³/mol. The van der Waals surface area contributed by atoms with Crippen LogP contribution in [0.25, 0.3) is 11.3 Å². The molecule has 0 bridgehead atoms. The van der Waals surface area contributed by atoms with Gasteiger partial charge in [-0.2, -0.15) is 4.98 Å². The molecule has 1 aliphatic heterocycles. The second kappa shape index (κ2) is 9.49. The molecule has 1 N–H and O–H groups in total. The van der Waals surface area contributed by atoms with E-state index < -0.39 is 6.23 Å². The van der Waals surface area contributed by atoms with Gasteiger partial charge in [0, 0.05) is 33.5 Å². The van der Waals surface area contributed by atoms with Crippen LogP contribution in [0, 0.1) is 0 Å². The third-order valence-corrected chi connectivity index (χ3v) is 5.75. The monoisotopic (exact) mass is 498 g/mol. The van der Waals surface area contributed by atoms with Crippen LogP contribution < -0.4 is 14.8 Å². The quantitative estimate of drug-likeness (QED) is 0.209. The van der Waals surface area contributed by atoms with E-state index in [0.29, 0.717) is 34.7 Å². The summed E-state index contributed by atoms with van der Waals surface area (Å²) in [5.41, 5.74) is 3.08. The smallest absolute Gasteiger partial charge is 0.310 e. The maximum Gasteiger partial charge on any atom is 0.310 e. The van der Waals surface area contributed by atoms with E-state index in [4.69, 9.17) is 9.47 Å². The maximum absolute atomic E-state index is 11.5. The van der Waals surface area contributed by atoms with Crippen LogP contribution in [-0.2, 0) is 4.79 Å². The number of carbonyl (C=O) groups excluding carboxylic acids is 1. The third kappa shape index (κ3) is 4.88. The Kier molecular flexibility index (Phi) is 6.53. The Balaban J connectivity index is 1.71. The van der Waals surface area contributed by atoms with E-state index in [2.05, 4.69) is 43.0 Å². The zero-order chi connectivity index (χ0) is 21.8. The summed E-state index contributed by atoms with van der Waals surface area (Å²) in [5, 5.41) is 12.5. The summed E-state index contributed by atoms with van der Waals surface area (Å²) in [6, 6.07) is 13.0. The molecule has 0 unspecified atom stereocenters. The number of halogens is 1. The summed E-state index contributed by atoms with van der Waals surface area (Å²) in [5.74, 6) is 1.26. The first-order valence-electron chi connectivity index (χ1n) is 9.59. The highest BCUT2D eigenvalue weighted by molar-refractivity contribution is 9.10. The Bertz CT molecular complexity index is 1120. The zero-order valence-corrected chi connectivity index (χ0v) is 19.1. The molecule has 0 saturated heterocycles. The van der Waals surface area contributed by atoms with Crippen LogP contribution in [0.3, 0.4) is 0 Å². The molecule has 0 radical (unpaired) electrons. The lowest BCUT2D eigenvalue weighted by atomic mass is 10.1. The van der Waals surface area contributed by atoms with Crippen molar-refractivity contribution in [3.63, 3.8) is 0 Å². The van der Waals surface area contributed by atoms with Crippen molar-refractivity contribution in [1.82, 2.24) is 15.2 Å². The number of fused-ring (bicyclic) bond motifs is 3. The molecule has 2 heterocycles. The van der Waals surface area contributed by atoms with Gasteiger partial charge in [-0.25, -0.2) is 0 Å². The summed E-state index contributed by atoms with van der Waals surface area (Å²) >= 11 is 4.95. The highest BCUT2D eigenvalue weighted by Crippen LogP contribution is 2.41. The SMILES string of the molecule is C=CCSc1nnc2c(n1)O[C@@H](c1ccc(OC(=O)CC)cc1)Nc1ccc(Br)cc1-2. The molecule has 1 aromatic heterocycles. The minimum atomic E-state index is -0.522. The van der Waals surface area contributed by atoms with Crippen LogP contribution in [0.2, 0.25) is 0 Å². The number of rotatable bonds is 6. The lowest BCUT2D eigenvalue weighted by Gasteiger charge is -2.19. The van der Waals surface area contributed by atoms with E-state index in [9.17, 15) is 4.79 Å². The number of esters is 1. The molecule has 0 spiro atoms. The number of nitrogens with one attached hydrogen (secondary N) is 1. The van der Waals surface area contributed by atoms with Gasteiger partial charge in [0.1, 0.15) is 5.75 Å². The van der Waals surface area contributed by atoms with Crippen LogP contribution in [0.4, 0.5) is 5.69 Å². The standard InChI is InChI=1S/C22H19BrN4O3S/c1-3-11-31-22-25-21-19(26-27-22)16-12-14(23)7-10-17(16)24-20(30-21)13-5-8-15(9-6-13)29-18(28)4-2/h3,5-10,12,20,24H,1,4,11H2,2H3/t20-/m0/s1. The van der Waals surface area contributed by atoms with Crippen molar-refractivity contribution in [3.8, 4) is 22.9 Å². The van der Waals surface area contributed by atoms with E-state index in [1.165, 1.54) is 11.8 Å². The third-order valence-electron chi connectivity index (χ3n) is 4.42. The number of hydrogen-bond acceptors (Lipinski definition) is 8. The van der Waals surface area contributed by atoms with Crippen molar-refractivity contribution in [2.24, 2.45) is 0 Å². The van der Waals surface area contributed by atoms with Gasteiger partial charge in [-0.3, -0.25) is 4.79 Å². The number of hydrogen-bond donors (Lipinski definition) is 1. The van der Waals surface area contributed by atoms with Crippen LogP contribution in [0.5, 0.6) is 11.6 Å². The molecule has 1 atom stereocenters. The van der Waals surface area contributed by atoms with E-state index >= 15 is 0 Å². The minimum absolute atomic E-state index is 0.280. The summed E-state index contributed by atoms with van der Waals surface area (Å²) in [4.78, 5) is 16.1. The highest BCUT2D eigenvalue weighted by atomic mass is 79.9. The lowest BCUT2D eigenvalue weighted by Crippen LogP contribution is -2.17. The first-order valence-corrected chi connectivity index (χ1v) is 11.4. The molecule has 0 fully saturated rings. The van der Waals surface area contributed by atoms with Crippen molar-refractivity contribution in [3.05, 3.63) is 65.2 Å². The predicted octanol–water partition coefficient (Wildman–Crippen LogP) is 5.40. The normalized spacial score (nSPS) is 14.3. The number of aromatic nitrogens is 3. The van der Waals surface area contributed by atoms with E-state index in [-0.39, 0.29) is 5.97 Å². The minimum Gasteiger partial charge on any atom is -0.448 e. The number of thioether (sulfide) groups is 1. The van der Waals surface area contributed by atoms with Gasteiger partial charge >= 0.3 is 5.97 Å². The molecule has 2 aromatic carbocycles. The molecular formula is C22H19BrN4O3S. The Labute approximate surface area is 192 Å². The van der Waals surface area contributed by atoms with Crippen molar-refractivity contribution in [1.29, 1.82) is 0 Å². The molecule has 1 aliphatic rings. The summed E-state index contributed by atoms with van der Waals surface area (Å²) in [7, 11) is 0. The molecule has 158 valence electrons. The Hall–Kier alpha value is -2.91. The average molecular weight is 499 g/mol. The van der Waals surface area contributed by atoms with Gasteiger partial charge in [-0.15, -0.1) is 16.8 Å². The largest absolute Gasteiger partial charge is 0.448 e. The molecule has 7 nitrogen and oxygen atoms in total. The summed E-state index contributed by atoms with van der Waals surface area (Å²) in [6.45, 7) is 5.48. The van der Waals surface area contributed by atoms with E-state index in [1.54, 1.807) is 25.1 Å². The lowest BCUT2D eigenvalue weighted by molar-refractivity contribution is -0.134. The number of anilines is 1. The van der Waals surface area contributed by atoms with Crippen LogP contribution in [0.15, 0.2) is 64.7 Å². The van der Waals surface area contributed by atoms with Crippen molar-refractivity contribution in [2.75, 3.05) is 11.1 Å². The molecule has 31 heavy (non-hydrogen) atoms. The Morgan fingerprint density at radius 2 is 2.10 bits per heavy atom. The maximum atomic E-state index is 11.5. The van der Waals surface area contributed by atoms with Gasteiger partial charge in [-0.05, 0) is 42.5 Å². The fraction of sp³-hybridized carbons (Fsp3) is 0.182. The van der Waals surface area contributed by atoms with Gasteiger partial charge in [0.25, 0.3) is 0 Å². The van der Waals surface area contributed by atoms with Crippen LogP contribution in [-0.4, -0.2) is 26.9 Å². The Morgan fingerprint density at radius 1 is 1.29 bits per heavy atom. The number of benzene rings is 2. The number of nitrogens with zero attached hydrogens (tertiary/aromatic N) is 3. The van der Waals surface area contributed by atoms with Gasteiger partial charge in [0.2, 0.25) is 11.0 Å². The first kappa shape index (κ1) is 21.3. The van der Waals surface area contributed by atoms with Gasteiger partial charge in [0.15, 0.2) is 11.9 Å². The first-order chi connectivity index (χ1) is 15.1. The fourth-order valence-electron chi connectivity index (χ4n) is 2.93. The van der Waals surface area contributed by atoms with Crippen molar-refractivity contribution >= 4 is 39.3 Å². The summed E-state index contributed by atoms with van der Waals surface area (Å²) in [6.07, 6.45) is 1.58. The van der Waals surface area contributed by atoms with Crippen LogP contribution in [0.1, 0.15) is 25.1 Å². The number of ether oxygens (including phenoxy) is 2. The average Bonchev–Trinajstić information content (AvgIpc) is 2.94. The van der Waals surface area contributed by atoms with Gasteiger partial charge < -0.3 is 14.8 Å². The molecule has 0 amide bonds. The molecule has 9 heteroatoms. The summed E-state index contributed by atoms with van der Waals surface area (Å²) < 4.78 is 12.4. The van der Waals surface area contributed by atoms with Crippen molar-refractivity contribution in [2.45, 2.75) is 24.7 Å².